The second-order valence-electron chi connectivity index (χ2n) is 8.74. The fourth-order valence-electron chi connectivity index (χ4n) is 4.70. The Labute approximate surface area is 211 Å². The van der Waals surface area contributed by atoms with Gasteiger partial charge in [0.15, 0.2) is 12.6 Å². The van der Waals surface area contributed by atoms with Gasteiger partial charge in [0.05, 0.1) is 25.2 Å². The molecular formula is C23H41NO12. The normalized spacial score (nSPS) is 37.0. The van der Waals surface area contributed by atoms with Gasteiger partial charge in [-0.3, -0.25) is 9.59 Å². The molecule has 0 aliphatic carbocycles. The van der Waals surface area contributed by atoms with Crippen LogP contribution in [-0.2, 0) is 52.2 Å². The summed E-state index contributed by atoms with van der Waals surface area (Å²) < 4.78 is 52.4. The second kappa shape index (κ2) is 15.1. The van der Waals surface area contributed by atoms with E-state index in [1.54, 1.807) is 21.3 Å². The van der Waals surface area contributed by atoms with Crippen molar-refractivity contribution in [3.8, 4) is 0 Å². The Morgan fingerprint density at radius 2 is 1.33 bits per heavy atom. The van der Waals surface area contributed by atoms with Crippen LogP contribution in [0.4, 0.5) is 0 Å². The number of hydrogen-bond acceptors (Lipinski definition) is 11. The van der Waals surface area contributed by atoms with Gasteiger partial charge in [0, 0.05) is 61.5 Å². The average Bonchev–Trinajstić information content (AvgIpc) is 2.87. The number of nitrogens with one attached hydrogen (secondary N) is 1. The molecule has 2 saturated heterocycles. The maximum Gasteiger partial charge on any atom is 0.303 e. The summed E-state index contributed by atoms with van der Waals surface area (Å²) in [5, 5.41) is 11.5. The Hall–Kier alpha value is -1.42. The molecule has 0 bridgehead atoms. The molecule has 1 amide bonds. The van der Waals surface area contributed by atoms with Crippen molar-refractivity contribution in [1.29, 1.82) is 0 Å². The lowest BCUT2D eigenvalue weighted by Crippen LogP contribution is -2.65. The molecular weight excluding hydrogens is 482 g/mol. The van der Waals surface area contributed by atoms with Crippen molar-refractivity contribution < 1.29 is 57.3 Å². The lowest BCUT2D eigenvalue weighted by atomic mass is 9.89. The monoisotopic (exact) mass is 523 g/mol. The number of carbonyl (C=O) groups is 2. The lowest BCUT2D eigenvalue weighted by Gasteiger charge is -2.49. The summed E-state index contributed by atoms with van der Waals surface area (Å²) >= 11 is 0. The van der Waals surface area contributed by atoms with Crippen molar-refractivity contribution in [3.63, 3.8) is 0 Å². The first kappa shape index (κ1) is 30.8. The standard InChI is InChI=1S/C23H41NO12/c1-12-13(10-24-15(25)8-9-16(26)27)34-23(20(31-5)17(12)29-3)36-18-14(11-28-2)35-22(33-7)21(32-6)19(18)30-4/h12-14,17-23H,8-11H2,1-7H3,(H,24,25)(H,26,27)/t12-,13?,14?,17-,18-,19-,20?,21?,22+,23-/m0/s1. The summed E-state index contributed by atoms with van der Waals surface area (Å²) in [4.78, 5) is 22.9. The van der Waals surface area contributed by atoms with Crippen LogP contribution in [0.15, 0.2) is 0 Å². The van der Waals surface area contributed by atoms with Gasteiger partial charge < -0.3 is 53.1 Å². The van der Waals surface area contributed by atoms with E-state index in [4.69, 9.17) is 47.7 Å². The van der Waals surface area contributed by atoms with Crippen molar-refractivity contribution in [1.82, 2.24) is 5.32 Å². The van der Waals surface area contributed by atoms with Crippen LogP contribution in [0.25, 0.3) is 0 Å². The number of hydrogen-bond donors (Lipinski definition) is 2. The number of carbonyl (C=O) groups excluding carboxylic acids is 1. The molecule has 10 atom stereocenters. The summed E-state index contributed by atoms with van der Waals surface area (Å²) in [6, 6.07) is 0. The number of methoxy groups -OCH3 is 6. The summed E-state index contributed by atoms with van der Waals surface area (Å²) in [5.41, 5.74) is 0. The molecule has 0 aromatic rings. The summed E-state index contributed by atoms with van der Waals surface area (Å²) in [5.74, 6) is -1.61. The van der Waals surface area contributed by atoms with Crippen LogP contribution >= 0.6 is 0 Å². The van der Waals surface area contributed by atoms with E-state index in [1.165, 1.54) is 21.3 Å². The Morgan fingerprint density at radius 1 is 0.750 bits per heavy atom. The maximum absolute atomic E-state index is 12.1. The van der Waals surface area contributed by atoms with Gasteiger partial charge in [-0.1, -0.05) is 6.92 Å². The minimum Gasteiger partial charge on any atom is -0.481 e. The van der Waals surface area contributed by atoms with E-state index >= 15 is 0 Å². The molecule has 2 fully saturated rings. The maximum atomic E-state index is 12.1. The van der Waals surface area contributed by atoms with Crippen molar-refractivity contribution in [3.05, 3.63) is 0 Å². The second-order valence-corrected chi connectivity index (χ2v) is 8.74. The van der Waals surface area contributed by atoms with E-state index in [2.05, 4.69) is 5.32 Å². The zero-order valence-electron chi connectivity index (χ0n) is 22.0. The minimum absolute atomic E-state index is 0.128. The van der Waals surface area contributed by atoms with Gasteiger partial charge in [0.1, 0.15) is 30.5 Å². The Morgan fingerprint density at radius 3 is 1.86 bits per heavy atom. The van der Waals surface area contributed by atoms with Crippen LogP contribution in [0.2, 0.25) is 0 Å². The number of carboxylic acids is 1. The molecule has 2 aliphatic rings. The third-order valence-electron chi connectivity index (χ3n) is 6.61. The quantitative estimate of drug-likeness (QED) is 0.310. The SMILES string of the molecule is COCC1O[C@@H](OC)C(OC)[C@@H](OC)[C@H]1O[C@@H]1OC(CNC(=O)CCC(=O)O)[C@H](C)[C@H](OC)C1OC. The summed E-state index contributed by atoms with van der Waals surface area (Å²) in [6.07, 6.45) is -5.99. The molecule has 13 heteroatoms. The van der Waals surface area contributed by atoms with Crippen molar-refractivity contribution >= 4 is 11.9 Å². The van der Waals surface area contributed by atoms with Crippen LogP contribution in [0.5, 0.6) is 0 Å². The third-order valence-corrected chi connectivity index (χ3v) is 6.61. The highest BCUT2D eigenvalue weighted by Crippen LogP contribution is 2.34. The highest BCUT2D eigenvalue weighted by atomic mass is 16.8. The molecule has 2 rings (SSSR count). The molecule has 0 aromatic carbocycles. The number of amides is 1. The van der Waals surface area contributed by atoms with E-state index in [0.29, 0.717) is 0 Å². The topological polar surface area (TPSA) is 149 Å². The first-order valence-electron chi connectivity index (χ1n) is 11.8. The lowest BCUT2D eigenvalue weighted by molar-refractivity contribution is -0.358. The molecule has 2 N–H and O–H groups in total. The zero-order chi connectivity index (χ0) is 26.8. The van der Waals surface area contributed by atoms with Gasteiger partial charge in [-0.05, 0) is 0 Å². The molecule has 0 spiro atoms. The fourth-order valence-corrected chi connectivity index (χ4v) is 4.70. The third kappa shape index (κ3) is 7.55. The fraction of sp³-hybridized carbons (Fsp3) is 0.913. The van der Waals surface area contributed by atoms with Crippen LogP contribution < -0.4 is 5.32 Å². The van der Waals surface area contributed by atoms with Crippen LogP contribution in [0.1, 0.15) is 19.8 Å². The Bertz CT molecular complexity index is 681. The largest absolute Gasteiger partial charge is 0.481 e. The van der Waals surface area contributed by atoms with Gasteiger partial charge in [-0.15, -0.1) is 0 Å². The molecule has 4 unspecified atom stereocenters. The molecule has 0 saturated carbocycles. The van der Waals surface area contributed by atoms with Gasteiger partial charge in [-0.25, -0.2) is 0 Å². The van der Waals surface area contributed by atoms with Crippen molar-refractivity contribution in [2.45, 2.75) is 75.1 Å². The summed E-state index contributed by atoms with van der Waals surface area (Å²) in [7, 11) is 9.23. The first-order valence-corrected chi connectivity index (χ1v) is 11.8. The van der Waals surface area contributed by atoms with E-state index in [0.717, 1.165) is 0 Å². The highest BCUT2D eigenvalue weighted by molar-refractivity contribution is 5.80. The van der Waals surface area contributed by atoms with E-state index in [1.807, 2.05) is 6.92 Å². The predicted octanol–water partition coefficient (Wildman–Crippen LogP) is -0.209. The Kier molecular flexibility index (Phi) is 12.9. The molecule has 210 valence electrons. The zero-order valence-corrected chi connectivity index (χ0v) is 22.0. The molecule has 36 heavy (non-hydrogen) atoms. The predicted molar refractivity (Wildman–Crippen MR) is 123 cm³/mol. The summed E-state index contributed by atoms with van der Waals surface area (Å²) in [6.45, 7) is 2.25. The number of aliphatic carboxylic acids is 1. The minimum atomic E-state index is -1.04. The van der Waals surface area contributed by atoms with E-state index in [-0.39, 0.29) is 37.8 Å². The number of ether oxygens (including phenoxy) is 9. The van der Waals surface area contributed by atoms with Crippen molar-refractivity contribution in [2.75, 3.05) is 55.8 Å². The van der Waals surface area contributed by atoms with Crippen LogP contribution in [-0.4, -0.2) is 128 Å². The van der Waals surface area contributed by atoms with Crippen LogP contribution in [0.3, 0.4) is 0 Å². The van der Waals surface area contributed by atoms with Gasteiger partial charge >= 0.3 is 5.97 Å². The van der Waals surface area contributed by atoms with Crippen LogP contribution in [0, 0.1) is 5.92 Å². The smallest absolute Gasteiger partial charge is 0.303 e. The van der Waals surface area contributed by atoms with E-state index < -0.39 is 61.3 Å². The average molecular weight is 524 g/mol. The van der Waals surface area contributed by atoms with Gasteiger partial charge in [0.25, 0.3) is 0 Å². The first-order chi connectivity index (χ1) is 17.3. The van der Waals surface area contributed by atoms with Gasteiger partial charge in [0.2, 0.25) is 5.91 Å². The van der Waals surface area contributed by atoms with E-state index in [9.17, 15) is 9.59 Å². The molecule has 2 heterocycles. The highest BCUT2D eigenvalue weighted by Gasteiger charge is 2.52. The van der Waals surface area contributed by atoms with Gasteiger partial charge in [-0.2, -0.15) is 0 Å². The van der Waals surface area contributed by atoms with Crippen molar-refractivity contribution in [2.24, 2.45) is 5.92 Å². The molecule has 13 nitrogen and oxygen atoms in total. The Balaban J connectivity index is 2.24. The molecule has 0 radical (unpaired) electrons. The molecule has 0 aromatic heterocycles. The number of rotatable bonds is 14. The number of carboxylic acid groups (broad SMARTS) is 1. The molecule has 2 aliphatic heterocycles.